The van der Waals surface area contributed by atoms with Crippen LogP contribution in [0, 0.1) is 11.8 Å². The quantitative estimate of drug-likeness (QED) is 0.604. The van der Waals surface area contributed by atoms with E-state index in [4.69, 9.17) is 4.74 Å². The van der Waals surface area contributed by atoms with Crippen LogP contribution in [0.4, 0.5) is 0 Å². The van der Waals surface area contributed by atoms with E-state index in [0.717, 1.165) is 77.9 Å². The Bertz CT molecular complexity index is 529. The lowest BCUT2D eigenvalue weighted by molar-refractivity contribution is -0.131. The van der Waals surface area contributed by atoms with E-state index < -0.39 is 0 Å². The van der Waals surface area contributed by atoms with Crippen LogP contribution in [0.5, 0.6) is 0 Å². The van der Waals surface area contributed by atoms with Gasteiger partial charge in [-0.3, -0.25) is 14.5 Å². The van der Waals surface area contributed by atoms with E-state index >= 15 is 0 Å². The number of nitrogens with zero attached hydrogens (tertiary/aromatic N) is 3. The highest BCUT2D eigenvalue weighted by atomic mass is 16.5. The number of ether oxygens (including phenoxy) is 1. The van der Waals surface area contributed by atoms with Crippen LogP contribution in [-0.2, 0) is 14.3 Å². The molecule has 2 aliphatic heterocycles. The molecule has 2 amide bonds. The first-order valence-corrected chi connectivity index (χ1v) is 11.3. The van der Waals surface area contributed by atoms with Gasteiger partial charge in [-0.15, -0.1) is 0 Å². The van der Waals surface area contributed by atoms with Gasteiger partial charge in [0.2, 0.25) is 11.8 Å². The number of likely N-dealkylation sites (N-methyl/N-ethyl adjacent to an activating group) is 1. The van der Waals surface area contributed by atoms with Gasteiger partial charge < -0.3 is 14.5 Å². The number of hydrogen-bond donors (Lipinski definition) is 0. The predicted octanol–water partition coefficient (Wildman–Crippen LogP) is 2.37. The Morgan fingerprint density at radius 2 is 1.75 bits per heavy atom. The molecule has 0 radical (unpaired) electrons. The molecular weight excluding hydrogens is 354 g/mol. The van der Waals surface area contributed by atoms with Crippen LogP contribution in [0.3, 0.4) is 0 Å². The molecule has 3 aliphatic rings. The molecule has 160 valence electrons. The minimum Gasteiger partial charge on any atom is -0.381 e. The van der Waals surface area contributed by atoms with Crippen LogP contribution in [0.2, 0.25) is 0 Å². The maximum Gasteiger partial charge on any atom is 0.225 e. The molecule has 2 saturated heterocycles. The summed E-state index contributed by atoms with van der Waals surface area (Å²) in [6.07, 6.45) is 6.91. The number of likely N-dealkylation sites (tertiary alicyclic amines) is 1. The normalized spacial score (nSPS) is 23.6. The molecule has 6 nitrogen and oxygen atoms in total. The van der Waals surface area contributed by atoms with Crippen LogP contribution >= 0.6 is 0 Å². The summed E-state index contributed by atoms with van der Waals surface area (Å²) >= 11 is 0. The molecule has 1 atom stereocenters. The molecule has 0 bridgehead atoms. The molecule has 3 rings (SSSR count). The standard InChI is InChI=1S/C22H39N3O3/c1-17(2)4-7-21(26)23(3)12-13-25(19-9-14-28-15-10-19)20-8-11-24(16-20)22(27)18-5-6-18/h17-20H,4-16H2,1-3H3. The average molecular weight is 394 g/mol. The highest BCUT2D eigenvalue weighted by molar-refractivity contribution is 5.81. The molecule has 0 aromatic rings. The number of hydrogen-bond acceptors (Lipinski definition) is 4. The van der Waals surface area contributed by atoms with Gasteiger partial charge >= 0.3 is 0 Å². The summed E-state index contributed by atoms with van der Waals surface area (Å²) in [5, 5.41) is 0. The van der Waals surface area contributed by atoms with Crippen molar-refractivity contribution in [1.82, 2.24) is 14.7 Å². The van der Waals surface area contributed by atoms with Gasteiger partial charge in [-0.05, 0) is 44.4 Å². The first-order chi connectivity index (χ1) is 13.5. The van der Waals surface area contributed by atoms with Crippen molar-refractivity contribution in [1.29, 1.82) is 0 Å². The minimum atomic E-state index is 0.248. The Hall–Kier alpha value is -1.14. The molecule has 0 N–H and O–H groups in total. The summed E-state index contributed by atoms with van der Waals surface area (Å²) in [4.78, 5) is 31.5. The molecule has 2 heterocycles. The second-order valence-electron chi connectivity index (χ2n) is 9.33. The van der Waals surface area contributed by atoms with Crippen LogP contribution in [0.1, 0.15) is 58.8 Å². The fourth-order valence-electron chi connectivity index (χ4n) is 4.47. The van der Waals surface area contributed by atoms with Crippen LogP contribution in [-0.4, -0.2) is 85.0 Å². The van der Waals surface area contributed by atoms with Crippen molar-refractivity contribution in [2.45, 2.75) is 70.9 Å². The van der Waals surface area contributed by atoms with Crippen molar-refractivity contribution < 1.29 is 14.3 Å². The first kappa shape index (κ1) is 21.6. The van der Waals surface area contributed by atoms with E-state index in [-0.39, 0.29) is 5.91 Å². The van der Waals surface area contributed by atoms with E-state index in [9.17, 15) is 9.59 Å². The van der Waals surface area contributed by atoms with Gasteiger partial charge in [0.15, 0.2) is 0 Å². The fraction of sp³-hybridized carbons (Fsp3) is 0.909. The Kier molecular flexibility index (Phi) is 7.75. The topological polar surface area (TPSA) is 53.1 Å². The van der Waals surface area contributed by atoms with E-state index in [1.54, 1.807) is 0 Å². The number of carbonyl (C=O) groups excluding carboxylic acids is 2. The molecule has 0 spiro atoms. The SMILES string of the molecule is CC(C)CCC(=O)N(C)CCN(C1CCOCC1)C1CCN(C(=O)C2CC2)C1. The number of rotatable bonds is 9. The van der Waals surface area contributed by atoms with Crippen molar-refractivity contribution in [2.24, 2.45) is 11.8 Å². The van der Waals surface area contributed by atoms with Gasteiger partial charge in [-0.25, -0.2) is 0 Å². The Labute approximate surface area is 170 Å². The van der Waals surface area contributed by atoms with Gasteiger partial charge in [-0.2, -0.15) is 0 Å². The van der Waals surface area contributed by atoms with Gasteiger partial charge in [0.25, 0.3) is 0 Å². The van der Waals surface area contributed by atoms with Crippen LogP contribution in [0.25, 0.3) is 0 Å². The summed E-state index contributed by atoms with van der Waals surface area (Å²) in [6, 6.07) is 0.929. The van der Waals surface area contributed by atoms with E-state index in [1.807, 2.05) is 11.9 Å². The summed E-state index contributed by atoms with van der Waals surface area (Å²) in [6.45, 7) is 9.38. The smallest absolute Gasteiger partial charge is 0.225 e. The average Bonchev–Trinajstić information content (AvgIpc) is 3.44. The van der Waals surface area contributed by atoms with Crippen molar-refractivity contribution in [2.75, 3.05) is 46.4 Å². The molecule has 1 unspecified atom stereocenters. The van der Waals surface area contributed by atoms with E-state index in [0.29, 0.717) is 36.2 Å². The molecule has 1 saturated carbocycles. The summed E-state index contributed by atoms with van der Waals surface area (Å²) < 4.78 is 5.57. The zero-order valence-electron chi connectivity index (χ0n) is 18.1. The molecule has 0 aromatic heterocycles. The van der Waals surface area contributed by atoms with Crippen LogP contribution in [0.15, 0.2) is 0 Å². The highest BCUT2D eigenvalue weighted by Crippen LogP contribution is 2.33. The van der Waals surface area contributed by atoms with Crippen molar-refractivity contribution in [3.05, 3.63) is 0 Å². The molecule has 1 aliphatic carbocycles. The lowest BCUT2D eigenvalue weighted by Crippen LogP contribution is -2.50. The van der Waals surface area contributed by atoms with Gasteiger partial charge in [0.1, 0.15) is 0 Å². The van der Waals surface area contributed by atoms with E-state index in [2.05, 4.69) is 23.6 Å². The predicted molar refractivity (Wildman–Crippen MR) is 110 cm³/mol. The zero-order chi connectivity index (χ0) is 20.1. The largest absolute Gasteiger partial charge is 0.381 e. The highest BCUT2D eigenvalue weighted by Gasteiger charge is 2.39. The number of amides is 2. The summed E-state index contributed by atoms with van der Waals surface area (Å²) in [5.41, 5.74) is 0. The minimum absolute atomic E-state index is 0.248. The Morgan fingerprint density at radius 1 is 1.04 bits per heavy atom. The summed E-state index contributed by atoms with van der Waals surface area (Å²) in [7, 11) is 1.93. The van der Waals surface area contributed by atoms with Gasteiger partial charge in [0.05, 0.1) is 0 Å². The maximum atomic E-state index is 12.5. The maximum absolute atomic E-state index is 12.5. The summed E-state index contributed by atoms with van der Waals surface area (Å²) in [5.74, 6) is 1.48. The van der Waals surface area contributed by atoms with E-state index in [1.165, 1.54) is 0 Å². The third kappa shape index (κ3) is 5.93. The van der Waals surface area contributed by atoms with Gasteiger partial charge in [-0.1, -0.05) is 13.8 Å². The van der Waals surface area contributed by atoms with Crippen molar-refractivity contribution in [3.63, 3.8) is 0 Å². The third-order valence-corrected chi connectivity index (χ3v) is 6.59. The number of carbonyl (C=O) groups is 2. The molecular formula is C22H39N3O3. The lowest BCUT2D eigenvalue weighted by Gasteiger charge is -2.39. The molecule has 6 heteroatoms. The van der Waals surface area contributed by atoms with Crippen molar-refractivity contribution in [3.8, 4) is 0 Å². The Balaban J connectivity index is 1.54. The van der Waals surface area contributed by atoms with Crippen LogP contribution < -0.4 is 0 Å². The Morgan fingerprint density at radius 3 is 2.39 bits per heavy atom. The van der Waals surface area contributed by atoms with Crippen molar-refractivity contribution >= 4 is 11.8 Å². The monoisotopic (exact) mass is 393 g/mol. The van der Waals surface area contributed by atoms with Gasteiger partial charge in [0, 0.05) is 70.9 Å². The second-order valence-corrected chi connectivity index (χ2v) is 9.33. The second kappa shape index (κ2) is 10.1. The first-order valence-electron chi connectivity index (χ1n) is 11.3. The molecule has 3 fully saturated rings. The zero-order valence-corrected chi connectivity index (χ0v) is 18.1. The molecule has 28 heavy (non-hydrogen) atoms. The lowest BCUT2D eigenvalue weighted by atomic mass is 10.0. The molecule has 0 aromatic carbocycles. The fourth-order valence-corrected chi connectivity index (χ4v) is 4.47. The third-order valence-electron chi connectivity index (χ3n) is 6.59.